The lowest BCUT2D eigenvalue weighted by atomic mass is 9.65. The standard InChI is InChI=1S/C13H26O/c1-5-6-11(3)13(14)9-10(2)7-8-12(13)4/h10-12,14H,5-9H2,1-4H3. The largest absolute Gasteiger partial charge is 0.389 e. The van der Waals surface area contributed by atoms with Gasteiger partial charge in [-0.3, -0.25) is 0 Å². The van der Waals surface area contributed by atoms with E-state index >= 15 is 0 Å². The maximum atomic E-state index is 10.7. The van der Waals surface area contributed by atoms with Crippen LogP contribution in [0, 0.1) is 17.8 Å². The topological polar surface area (TPSA) is 20.2 Å². The molecule has 1 nitrogen and oxygen atoms in total. The normalized spacial score (nSPS) is 40.9. The van der Waals surface area contributed by atoms with Crippen molar-refractivity contribution in [2.24, 2.45) is 17.8 Å². The first-order valence-corrected chi connectivity index (χ1v) is 6.23. The van der Waals surface area contributed by atoms with Gasteiger partial charge < -0.3 is 5.11 Å². The third-order valence-electron chi connectivity index (χ3n) is 4.20. The van der Waals surface area contributed by atoms with E-state index in [9.17, 15) is 5.11 Å². The lowest BCUT2D eigenvalue weighted by Crippen LogP contribution is -2.47. The highest BCUT2D eigenvalue weighted by molar-refractivity contribution is 4.93. The average Bonchev–Trinajstić information content (AvgIpc) is 2.12. The summed E-state index contributed by atoms with van der Waals surface area (Å²) < 4.78 is 0. The Kier molecular flexibility index (Phi) is 4.00. The molecule has 0 aromatic rings. The third kappa shape index (κ3) is 2.31. The van der Waals surface area contributed by atoms with E-state index in [1.807, 2.05) is 0 Å². The first-order valence-electron chi connectivity index (χ1n) is 6.23. The first kappa shape index (κ1) is 12.0. The summed E-state index contributed by atoms with van der Waals surface area (Å²) in [5.41, 5.74) is -0.381. The van der Waals surface area contributed by atoms with Crippen LogP contribution in [-0.4, -0.2) is 10.7 Å². The van der Waals surface area contributed by atoms with Crippen molar-refractivity contribution in [1.82, 2.24) is 0 Å². The highest BCUT2D eigenvalue weighted by Gasteiger charge is 2.42. The molecule has 1 aliphatic carbocycles. The molecule has 0 aromatic heterocycles. The van der Waals surface area contributed by atoms with Gasteiger partial charge in [0, 0.05) is 0 Å². The Morgan fingerprint density at radius 2 is 2.00 bits per heavy atom. The highest BCUT2D eigenvalue weighted by atomic mass is 16.3. The average molecular weight is 198 g/mol. The molecule has 84 valence electrons. The molecule has 1 N–H and O–H groups in total. The van der Waals surface area contributed by atoms with Crippen molar-refractivity contribution in [2.75, 3.05) is 0 Å². The van der Waals surface area contributed by atoms with E-state index in [-0.39, 0.29) is 5.60 Å². The molecule has 0 saturated heterocycles. The Morgan fingerprint density at radius 1 is 1.36 bits per heavy atom. The zero-order chi connectivity index (χ0) is 10.8. The van der Waals surface area contributed by atoms with Gasteiger partial charge in [0.15, 0.2) is 0 Å². The van der Waals surface area contributed by atoms with Crippen LogP contribution >= 0.6 is 0 Å². The molecule has 0 spiro atoms. The summed E-state index contributed by atoms with van der Waals surface area (Å²) in [6, 6.07) is 0. The monoisotopic (exact) mass is 198 g/mol. The van der Waals surface area contributed by atoms with E-state index in [2.05, 4.69) is 27.7 Å². The minimum absolute atomic E-state index is 0.381. The molecule has 1 heteroatoms. The molecule has 1 rings (SSSR count). The van der Waals surface area contributed by atoms with Crippen molar-refractivity contribution in [3.8, 4) is 0 Å². The van der Waals surface area contributed by atoms with Gasteiger partial charge >= 0.3 is 0 Å². The Labute approximate surface area is 88.9 Å². The molecule has 0 aliphatic heterocycles. The van der Waals surface area contributed by atoms with Gasteiger partial charge in [-0.05, 0) is 37.0 Å². The summed E-state index contributed by atoms with van der Waals surface area (Å²) in [4.78, 5) is 0. The Morgan fingerprint density at radius 3 is 2.57 bits per heavy atom. The second-order valence-corrected chi connectivity index (χ2v) is 5.47. The quantitative estimate of drug-likeness (QED) is 0.734. The molecule has 0 heterocycles. The summed E-state index contributed by atoms with van der Waals surface area (Å²) in [7, 11) is 0. The zero-order valence-corrected chi connectivity index (χ0v) is 10.2. The lowest BCUT2D eigenvalue weighted by Gasteiger charge is -2.45. The summed E-state index contributed by atoms with van der Waals surface area (Å²) in [6.07, 6.45) is 5.85. The number of rotatable bonds is 3. The highest BCUT2D eigenvalue weighted by Crippen LogP contribution is 2.42. The van der Waals surface area contributed by atoms with Gasteiger partial charge in [0.1, 0.15) is 0 Å². The number of aliphatic hydroxyl groups is 1. The fourth-order valence-electron chi connectivity index (χ4n) is 3.02. The van der Waals surface area contributed by atoms with E-state index in [0.29, 0.717) is 17.8 Å². The SMILES string of the molecule is CCCC(C)C1(O)CC(C)CCC1C. The van der Waals surface area contributed by atoms with Gasteiger partial charge in [0.2, 0.25) is 0 Å². The minimum Gasteiger partial charge on any atom is -0.389 e. The predicted octanol–water partition coefficient (Wildman–Crippen LogP) is 3.61. The Bertz CT molecular complexity index is 178. The number of hydrogen-bond donors (Lipinski definition) is 1. The van der Waals surface area contributed by atoms with Crippen LogP contribution in [0.4, 0.5) is 0 Å². The molecule has 1 saturated carbocycles. The van der Waals surface area contributed by atoms with E-state index in [4.69, 9.17) is 0 Å². The fraction of sp³-hybridized carbons (Fsp3) is 1.00. The predicted molar refractivity (Wildman–Crippen MR) is 61.2 cm³/mol. The van der Waals surface area contributed by atoms with Gasteiger partial charge in [-0.2, -0.15) is 0 Å². The van der Waals surface area contributed by atoms with Crippen molar-refractivity contribution in [1.29, 1.82) is 0 Å². The second kappa shape index (κ2) is 4.65. The second-order valence-electron chi connectivity index (χ2n) is 5.47. The van der Waals surface area contributed by atoms with Gasteiger partial charge in [-0.15, -0.1) is 0 Å². The molecule has 0 aromatic carbocycles. The van der Waals surface area contributed by atoms with Crippen LogP contribution in [0.15, 0.2) is 0 Å². The van der Waals surface area contributed by atoms with Crippen LogP contribution in [0.5, 0.6) is 0 Å². The summed E-state index contributed by atoms with van der Waals surface area (Å²) in [5, 5.41) is 10.7. The van der Waals surface area contributed by atoms with Crippen molar-refractivity contribution in [2.45, 2.75) is 65.4 Å². The van der Waals surface area contributed by atoms with E-state index in [1.165, 1.54) is 19.3 Å². The van der Waals surface area contributed by atoms with Crippen LogP contribution in [0.1, 0.15) is 59.8 Å². The molecule has 0 bridgehead atoms. The van der Waals surface area contributed by atoms with Crippen molar-refractivity contribution >= 4 is 0 Å². The first-order chi connectivity index (χ1) is 6.50. The van der Waals surface area contributed by atoms with Crippen molar-refractivity contribution < 1.29 is 5.11 Å². The van der Waals surface area contributed by atoms with Gasteiger partial charge in [0.05, 0.1) is 5.60 Å². The van der Waals surface area contributed by atoms with Gasteiger partial charge in [-0.1, -0.05) is 40.5 Å². The Hall–Kier alpha value is -0.0400. The smallest absolute Gasteiger partial charge is 0.0701 e. The summed E-state index contributed by atoms with van der Waals surface area (Å²) >= 11 is 0. The van der Waals surface area contributed by atoms with Crippen molar-refractivity contribution in [3.63, 3.8) is 0 Å². The maximum Gasteiger partial charge on any atom is 0.0701 e. The van der Waals surface area contributed by atoms with E-state index in [0.717, 1.165) is 12.8 Å². The van der Waals surface area contributed by atoms with Crippen LogP contribution in [0.2, 0.25) is 0 Å². The maximum absolute atomic E-state index is 10.7. The van der Waals surface area contributed by atoms with Crippen LogP contribution in [0.25, 0.3) is 0 Å². The molecule has 0 radical (unpaired) electrons. The molecule has 14 heavy (non-hydrogen) atoms. The van der Waals surface area contributed by atoms with Crippen LogP contribution in [-0.2, 0) is 0 Å². The molecular formula is C13H26O. The van der Waals surface area contributed by atoms with Crippen LogP contribution < -0.4 is 0 Å². The van der Waals surface area contributed by atoms with E-state index < -0.39 is 0 Å². The minimum atomic E-state index is -0.381. The van der Waals surface area contributed by atoms with Crippen LogP contribution in [0.3, 0.4) is 0 Å². The van der Waals surface area contributed by atoms with Crippen molar-refractivity contribution in [3.05, 3.63) is 0 Å². The molecule has 0 amide bonds. The van der Waals surface area contributed by atoms with Gasteiger partial charge in [-0.25, -0.2) is 0 Å². The third-order valence-corrected chi connectivity index (χ3v) is 4.20. The zero-order valence-electron chi connectivity index (χ0n) is 10.2. The summed E-state index contributed by atoms with van der Waals surface area (Å²) in [6.45, 7) is 8.92. The molecular weight excluding hydrogens is 172 g/mol. The van der Waals surface area contributed by atoms with E-state index in [1.54, 1.807) is 0 Å². The lowest BCUT2D eigenvalue weighted by molar-refractivity contribution is -0.0988. The van der Waals surface area contributed by atoms with Gasteiger partial charge in [0.25, 0.3) is 0 Å². The molecule has 4 unspecified atom stereocenters. The molecule has 1 fully saturated rings. The Balaban J connectivity index is 2.67. The fourth-order valence-corrected chi connectivity index (χ4v) is 3.02. The summed E-state index contributed by atoms with van der Waals surface area (Å²) in [5.74, 6) is 1.65. The number of hydrogen-bond acceptors (Lipinski definition) is 1. The molecule has 1 aliphatic rings. The molecule has 4 atom stereocenters.